The third-order valence-electron chi connectivity index (χ3n) is 4.00. The van der Waals surface area contributed by atoms with Gasteiger partial charge in [-0.05, 0) is 37.1 Å². The molecule has 0 saturated carbocycles. The molecule has 0 atom stereocenters. The zero-order valence-corrected chi connectivity index (χ0v) is 13.2. The van der Waals surface area contributed by atoms with Gasteiger partial charge in [0.15, 0.2) is 5.69 Å². The summed E-state index contributed by atoms with van der Waals surface area (Å²) in [4.78, 5) is 12.3. The van der Waals surface area contributed by atoms with Crippen molar-refractivity contribution in [3.05, 3.63) is 52.1 Å². The van der Waals surface area contributed by atoms with Crippen LogP contribution < -0.4 is 10.6 Å². The van der Waals surface area contributed by atoms with Crippen LogP contribution in [0, 0.1) is 12.7 Å². The summed E-state index contributed by atoms with van der Waals surface area (Å²) < 4.78 is 14.1. The molecule has 1 aromatic carbocycles. The van der Waals surface area contributed by atoms with E-state index in [2.05, 4.69) is 20.8 Å². The first kappa shape index (κ1) is 15.4. The van der Waals surface area contributed by atoms with Crippen LogP contribution in [-0.4, -0.2) is 29.2 Å². The minimum Gasteiger partial charge on any atom is -0.320 e. The topological polar surface area (TPSA) is 69.8 Å². The molecule has 2 aromatic rings. The number of aromatic nitrogens is 2. The highest BCUT2D eigenvalue weighted by Gasteiger charge is 2.16. The summed E-state index contributed by atoms with van der Waals surface area (Å²) in [6.07, 6.45) is 2.61. The van der Waals surface area contributed by atoms with E-state index in [1.54, 1.807) is 12.1 Å². The molecule has 3 rings (SSSR count). The zero-order chi connectivity index (χ0) is 16.4. The van der Waals surface area contributed by atoms with Crippen molar-refractivity contribution in [1.29, 1.82) is 0 Å². The minimum absolute atomic E-state index is 0.341. The number of H-pyrrole nitrogens is 1. The largest absolute Gasteiger partial charge is 0.320 e. The standard InChI is InChI=1S/C17H19FN4O/c1-3-15-10(2)16(22-21-15)17(23)20-13-5-4-12(14(18)7-13)6-11-8-19-9-11/h4-7,19H,3,8-9H2,1-2H3,(H,20,23)(H,21,22). The monoisotopic (exact) mass is 314 g/mol. The fraction of sp³-hybridized carbons (Fsp3) is 0.294. The predicted octanol–water partition coefficient (Wildman–Crippen LogP) is 2.66. The number of carbonyl (C=O) groups is 1. The fourth-order valence-corrected chi connectivity index (χ4v) is 2.50. The van der Waals surface area contributed by atoms with Gasteiger partial charge >= 0.3 is 0 Å². The molecule has 0 unspecified atom stereocenters. The Bertz CT molecular complexity index is 773. The van der Waals surface area contributed by atoms with Gasteiger partial charge < -0.3 is 10.6 Å². The van der Waals surface area contributed by atoms with E-state index in [1.165, 1.54) is 11.6 Å². The second-order valence-electron chi connectivity index (χ2n) is 5.63. The van der Waals surface area contributed by atoms with E-state index in [9.17, 15) is 9.18 Å². The lowest BCUT2D eigenvalue weighted by molar-refractivity contribution is 0.102. The third-order valence-corrected chi connectivity index (χ3v) is 4.00. The van der Waals surface area contributed by atoms with Gasteiger partial charge in [-0.1, -0.05) is 13.0 Å². The van der Waals surface area contributed by atoms with Crippen LogP contribution in [0.5, 0.6) is 0 Å². The van der Waals surface area contributed by atoms with Crippen molar-refractivity contribution in [2.75, 3.05) is 18.4 Å². The Balaban J connectivity index is 1.76. The second-order valence-corrected chi connectivity index (χ2v) is 5.63. The van der Waals surface area contributed by atoms with Crippen molar-refractivity contribution in [3.8, 4) is 0 Å². The number of carbonyl (C=O) groups excluding carboxylic acids is 1. The highest BCUT2D eigenvalue weighted by atomic mass is 19.1. The number of benzene rings is 1. The molecule has 0 aliphatic carbocycles. The van der Waals surface area contributed by atoms with Gasteiger partial charge in [0.25, 0.3) is 5.91 Å². The number of halogens is 1. The Morgan fingerprint density at radius 3 is 2.78 bits per heavy atom. The number of hydrogen-bond donors (Lipinski definition) is 3. The van der Waals surface area contributed by atoms with Crippen LogP contribution in [-0.2, 0) is 6.42 Å². The summed E-state index contributed by atoms with van der Waals surface area (Å²) in [6.45, 7) is 5.44. The maximum atomic E-state index is 14.1. The first-order valence-corrected chi connectivity index (χ1v) is 7.63. The Hall–Kier alpha value is -2.47. The van der Waals surface area contributed by atoms with Crippen molar-refractivity contribution in [2.45, 2.75) is 20.3 Å². The third kappa shape index (κ3) is 3.17. The van der Waals surface area contributed by atoms with E-state index in [0.717, 1.165) is 30.8 Å². The molecule has 0 radical (unpaired) electrons. The van der Waals surface area contributed by atoms with E-state index >= 15 is 0 Å². The number of amides is 1. The van der Waals surface area contributed by atoms with Gasteiger partial charge in [-0.3, -0.25) is 9.89 Å². The Labute approximate surface area is 134 Å². The Kier molecular flexibility index (Phi) is 4.25. The van der Waals surface area contributed by atoms with Crippen LogP contribution in [0.1, 0.15) is 34.2 Å². The number of aryl methyl sites for hydroxylation is 1. The first-order chi connectivity index (χ1) is 11.1. The van der Waals surface area contributed by atoms with Crippen molar-refractivity contribution in [3.63, 3.8) is 0 Å². The number of nitrogens with zero attached hydrogens (tertiary/aromatic N) is 1. The van der Waals surface area contributed by atoms with E-state index in [0.29, 0.717) is 16.9 Å². The van der Waals surface area contributed by atoms with Crippen LogP contribution in [0.2, 0.25) is 0 Å². The number of nitrogens with one attached hydrogen (secondary N) is 3. The average molecular weight is 314 g/mol. The molecule has 3 N–H and O–H groups in total. The summed E-state index contributed by atoms with van der Waals surface area (Å²) in [5.74, 6) is -0.692. The molecule has 1 aliphatic rings. The molecule has 120 valence electrons. The van der Waals surface area contributed by atoms with Crippen molar-refractivity contribution in [2.24, 2.45) is 0 Å². The predicted molar refractivity (Wildman–Crippen MR) is 87.9 cm³/mol. The van der Waals surface area contributed by atoms with Gasteiger partial charge in [0, 0.05) is 35.6 Å². The molecule has 23 heavy (non-hydrogen) atoms. The number of anilines is 1. The first-order valence-electron chi connectivity index (χ1n) is 7.63. The van der Waals surface area contributed by atoms with E-state index < -0.39 is 0 Å². The maximum Gasteiger partial charge on any atom is 0.276 e. The van der Waals surface area contributed by atoms with Gasteiger partial charge in [-0.25, -0.2) is 4.39 Å². The second kappa shape index (κ2) is 6.34. The number of hydrogen-bond acceptors (Lipinski definition) is 3. The SMILES string of the molecule is CCc1[nH]nc(C(=O)Nc2ccc(C=C3CNC3)c(F)c2)c1C. The molecule has 1 amide bonds. The highest BCUT2D eigenvalue weighted by molar-refractivity contribution is 6.04. The maximum absolute atomic E-state index is 14.1. The Morgan fingerprint density at radius 2 is 2.22 bits per heavy atom. The van der Waals surface area contributed by atoms with E-state index in [1.807, 2.05) is 19.9 Å². The number of aromatic amines is 1. The summed E-state index contributed by atoms with van der Waals surface area (Å²) >= 11 is 0. The molecular weight excluding hydrogens is 295 g/mol. The molecule has 2 heterocycles. The normalized spacial score (nSPS) is 13.6. The molecule has 5 nitrogen and oxygen atoms in total. The summed E-state index contributed by atoms with van der Waals surface area (Å²) in [6, 6.07) is 4.70. The van der Waals surface area contributed by atoms with Crippen molar-refractivity contribution < 1.29 is 9.18 Å². The van der Waals surface area contributed by atoms with Crippen LogP contribution in [0.15, 0.2) is 23.8 Å². The van der Waals surface area contributed by atoms with Crippen molar-refractivity contribution >= 4 is 17.7 Å². The average Bonchev–Trinajstić information content (AvgIpc) is 2.85. The van der Waals surface area contributed by atoms with Gasteiger partial charge in [0.1, 0.15) is 5.82 Å². The molecule has 6 heteroatoms. The molecule has 0 bridgehead atoms. The summed E-state index contributed by atoms with van der Waals surface area (Å²) in [7, 11) is 0. The van der Waals surface area contributed by atoms with Crippen LogP contribution in [0.25, 0.3) is 6.08 Å². The van der Waals surface area contributed by atoms with E-state index in [-0.39, 0.29) is 11.7 Å². The summed E-state index contributed by atoms with van der Waals surface area (Å²) in [5, 5.41) is 12.7. The van der Waals surface area contributed by atoms with Crippen LogP contribution in [0.4, 0.5) is 10.1 Å². The van der Waals surface area contributed by atoms with Gasteiger partial charge in [0.2, 0.25) is 0 Å². The lowest BCUT2D eigenvalue weighted by Gasteiger charge is -2.18. The van der Waals surface area contributed by atoms with Gasteiger partial charge in [-0.15, -0.1) is 0 Å². The fourth-order valence-electron chi connectivity index (χ4n) is 2.50. The number of rotatable bonds is 4. The van der Waals surface area contributed by atoms with Crippen LogP contribution >= 0.6 is 0 Å². The van der Waals surface area contributed by atoms with Crippen molar-refractivity contribution in [1.82, 2.24) is 15.5 Å². The summed E-state index contributed by atoms with van der Waals surface area (Å²) in [5.41, 5.74) is 4.21. The zero-order valence-electron chi connectivity index (χ0n) is 13.2. The quantitative estimate of drug-likeness (QED) is 0.812. The molecule has 1 aromatic heterocycles. The molecule has 1 fully saturated rings. The van der Waals surface area contributed by atoms with Crippen LogP contribution in [0.3, 0.4) is 0 Å². The molecular formula is C17H19FN4O. The Morgan fingerprint density at radius 1 is 1.43 bits per heavy atom. The smallest absolute Gasteiger partial charge is 0.276 e. The minimum atomic E-state index is -0.352. The lowest BCUT2D eigenvalue weighted by Crippen LogP contribution is -2.33. The molecule has 1 saturated heterocycles. The molecule has 1 aliphatic heterocycles. The lowest BCUT2D eigenvalue weighted by atomic mass is 10.1. The van der Waals surface area contributed by atoms with Gasteiger partial charge in [-0.2, -0.15) is 5.10 Å². The molecule has 0 spiro atoms. The highest BCUT2D eigenvalue weighted by Crippen LogP contribution is 2.19. The van der Waals surface area contributed by atoms with Gasteiger partial charge in [0.05, 0.1) is 0 Å². The van der Waals surface area contributed by atoms with E-state index in [4.69, 9.17) is 0 Å².